The maximum absolute atomic E-state index is 13.4. The molecule has 2 aromatic rings. The number of aryl methyl sites for hydroxylation is 1. The van der Waals surface area contributed by atoms with Gasteiger partial charge in [0.2, 0.25) is 0 Å². The summed E-state index contributed by atoms with van der Waals surface area (Å²) in [6.07, 6.45) is 0.765. The van der Waals surface area contributed by atoms with Crippen molar-refractivity contribution in [2.45, 2.75) is 13.3 Å². The highest BCUT2D eigenvalue weighted by molar-refractivity contribution is 9.11. The minimum atomic E-state index is -0.319. The minimum Gasteiger partial charge on any atom is -0.372 e. The summed E-state index contributed by atoms with van der Waals surface area (Å²) in [6, 6.07) is 4.63. The van der Waals surface area contributed by atoms with Crippen LogP contribution in [0.4, 0.5) is 10.2 Å². The number of halogens is 3. The summed E-state index contributed by atoms with van der Waals surface area (Å²) in [5.41, 5.74) is 1.53. The van der Waals surface area contributed by atoms with Crippen molar-refractivity contribution in [3.63, 3.8) is 0 Å². The molecule has 0 atom stereocenters. The van der Waals surface area contributed by atoms with Crippen LogP contribution in [0, 0.1) is 5.82 Å². The lowest BCUT2D eigenvalue weighted by Crippen LogP contribution is -2.02. The summed E-state index contributed by atoms with van der Waals surface area (Å²) < 4.78 is 15.0. The fraction of sp³-hybridized carbons (Fsp3) is 0.231. The Morgan fingerprint density at radius 3 is 2.53 bits per heavy atom. The van der Waals surface area contributed by atoms with E-state index in [1.54, 1.807) is 13.1 Å². The van der Waals surface area contributed by atoms with E-state index in [4.69, 9.17) is 0 Å². The number of nitrogens with one attached hydrogen (secondary N) is 1. The predicted molar refractivity (Wildman–Crippen MR) is 81.8 cm³/mol. The summed E-state index contributed by atoms with van der Waals surface area (Å²) >= 11 is 6.74. The number of rotatable bonds is 3. The van der Waals surface area contributed by atoms with Gasteiger partial charge in [-0.05, 0) is 40.5 Å². The van der Waals surface area contributed by atoms with Crippen LogP contribution in [0.1, 0.15) is 12.6 Å². The molecule has 100 valence electrons. The van der Waals surface area contributed by atoms with Crippen molar-refractivity contribution in [1.29, 1.82) is 0 Å². The van der Waals surface area contributed by atoms with Crippen molar-refractivity contribution < 1.29 is 4.39 Å². The number of benzene rings is 1. The maximum atomic E-state index is 13.4. The smallest absolute Gasteiger partial charge is 0.161 e. The predicted octanol–water partition coefficient (Wildman–Crippen LogP) is 4.41. The van der Waals surface area contributed by atoms with Gasteiger partial charge >= 0.3 is 0 Å². The molecule has 19 heavy (non-hydrogen) atoms. The second kappa shape index (κ2) is 5.96. The Balaban J connectivity index is 2.61. The van der Waals surface area contributed by atoms with Crippen molar-refractivity contribution in [2.75, 3.05) is 12.4 Å². The highest BCUT2D eigenvalue weighted by atomic mass is 79.9. The van der Waals surface area contributed by atoms with E-state index in [1.807, 2.05) is 6.92 Å². The first-order valence-electron chi connectivity index (χ1n) is 5.75. The van der Waals surface area contributed by atoms with Crippen molar-refractivity contribution in [3.05, 3.63) is 38.7 Å². The largest absolute Gasteiger partial charge is 0.372 e. The van der Waals surface area contributed by atoms with Gasteiger partial charge in [-0.3, -0.25) is 0 Å². The van der Waals surface area contributed by atoms with Crippen LogP contribution >= 0.6 is 31.9 Å². The Hall–Kier alpha value is -1.01. The van der Waals surface area contributed by atoms with E-state index in [9.17, 15) is 4.39 Å². The van der Waals surface area contributed by atoms with Crippen molar-refractivity contribution >= 4 is 37.7 Å². The standard InChI is InChI=1S/C13H12Br2FN3/c1-3-10-11(15)13(17-2)19-12(18-10)7-4-8(14)6-9(16)5-7/h4-6H,3H2,1-2H3,(H,17,18,19). The normalized spacial score (nSPS) is 10.6. The molecule has 0 radical (unpaired) electrons. The average molecular weight is 389 g/mol. The third-order valence-electron chi connectivity index (χ3n) is 2.61. The Labute approximate surface area is 127 Å². The van der Waals surface area contributed by atoms with Crippen molar-refractivity contribution in [2.24, 2.45) is 0 Å². The van der Waals surface area contributed by atoms with E-state index in [0.29, 0.717) is 21.7 Å². The van der Waals surface area contributed by atoms with Gasteiger partial charge in [0.05, 0.1) is 10.2 Å². The molecule has 0 fully saturated rings. The fourth-order valence-electron chi connectivity index (χ4n) is 1.71. The first kappa shape index (κ1) is 14.4. The highest BCUT2D eigenvalue weighted by Crippen LogP contribution is 2.28. The lowest BCUT2D eigenvalue weighted by Gasteiger charge is -2.10. The van der Waals surface area contributed by atoms with E-state index < -0.39 is 0 Å². The van der Waals surface area contributed by atoms with Gasteiger partial charge in [-0.1, -0.05) is 22.9 Å². The van der Waals surface area contributed by atoms with Crippen LogP contribution < -0.4 is 5.32 Å². The maximum Gasteiger partial charge on any atom is 0.161 e. The Morgan fingerprint density at radius 2 is 1.95 bits per heavy atom. The molecule has 2 rings (SSSR count). The van der Waals surface area contributed by atoms with Crippen LogP contribution in [0.3, 0.4) is 0 Å². The number of aromatic nitrogens is 2. The summed E-state index contributed by atoms with van der Waals surface area (Å²) in [5.74, 6) is 0.881. The van der Waals surface area contributed by atoms with Crippen molar-refractivity contribution in [3.8, 4) is 11.4 Å². The molecule has 0 aliphatic carbocycles. The van der Waals surface area contributed by atoms with Crippen LogP contribution in [-0.2, 0) is 6.42 Å². The second-order valence-electron chi connectivity index (χ2n) is 3.92. The molecule has 0 aliphatic heterocycles. The van der Waals surface area contributed by atoms with E-state index >= 15 is 0 Å². The van der Waals surface area contributed by atoms with Crippen LogP contribution in [0.2, 0.25) is 0 Å². The lowest BCUT2D eigenvalue weighted by atomic mass is 10.2. The number of nitrogens with zero attached hydrogens (tertiary/aromatic N) is 2. The zero-order valence-electron chi connectivity index (χ0n) is 10.5. The van der Waals surface area contributed by atoms with Gasteiger partial charge in [0.25, 0.3) is 0 Å². The van der Waals surface area contributed by atoms with E-state index in [1.165, 1.54) is 12.1 Å². The van der Waals surface area contributed by atoms with Gasteiger partial charge in [0, 0.05) is 17.1 Å². The molecule has 1 N–H and O–H groups in total. The third kappa shape index (κ3) is 3.12. The van der Waals surface area contributed by atoms with E-state index in [2.05, 4.69) is 47.1 Å². The van der Waals surface area contributed by atoms with Crippen molar-refractivity contribution in [1.82, 2.24) is 9.97 Å². The fourth-order valence-corrected chi connectivity index (χ4v) is 2.83. The summed E-state index contributed by atoms with van der Waals surface area (Å²) in [4.78, 5) is 8.86. The zero-order valence-corrected chi connectivity index (χ0v) is 13.6. The van der Waals surface area contributed by atoms with Crippen LogP contribution in [-0.4, -0.2) is 17.0 Å². The lowest BCUT2D eigenvalue weighted by molar-refractivity contribution is 0.627. The van der Waals surface area contributed by atoms with Crippen LogP contribution in [0.15, 0.2) is 27.1 Å². The molecule has 0 amide bonds. The van der Waals surface area contributed by atoms with Gasteiger partial charge in [-0.2, -0.15) is 0 Å². The molecule has 0 aliphatic rings. The summed E-state index contributed by atoms with van der Waals surface area (Å²) in [7, 11) is 1.79. The highest BCUT2D eigenvalue weighted by Gasteiger charge is 2.12. The molecule has 0 unspecified atom stereocenters. The zero-order chi connectivity index (χ0) is 14.0. The Kier molecular flexibility index (Phi) is 4.52. The average Bonchev–Trinajstić information content (AvgIpc) is 2.37. The summed E-state index contributed by atoms with van der Waals surface area (Å²) in [6.45, 7) is 2.01. The molecule has 1 heterocycles. The SMILES string of the molecule is CCc1nc(-c2cc(F)cc(Br)c2)nc(NC)c1Br. The molecular weight excluding hydrogens is 377 g/mol. The molecule has 0 saturated carbocycles. The number of anilines is 1. The quantitative estimate of drug-likeness (QED) is 0.846. The Bertz CT molecular complexity index is 572. The number of hydrogen-bond donors (Lipinski definition) is 1. The Morgan fingerprint density at radius 1 is 1.21 bits per heavy atom. The van der Waals surface area contributed by atoms with Gasteiger partial charge in [-0.25, -0.2) is 14.4 Å². The topological polar surface area (TPSA) is 37.8 Å². The number of hydrogen-bond acceptors (Lipinski definition) is 3. The monoisotopic (exact) mass is 387 g/mol. The van der Waals surface area contributed by atoms with Crippen LogP contribution in [0.25, 0.3) is 11.4 Å². The van der Waals surface area contributed by atoms with Crippen LogP contribution in [0.5, 0.6) is 0 Å². The second-order valence-corrected chi connectivity index (χ2v) is 5.63. The molecular formula is C13H12Br2FN3. The molecule has 0 saturated heterocycles. The molecule has 1 aromatic carbocycles. The first-order chi connectivity index (χ1) is 9.05. The van der Waals surface area contributed by atoms with Gasteiger partial charge in [0.1, 0.15) is 11.6 Å². The molecule has 0 spiro atoms. The molecule has 1 aromatic heterocycles. The minimum absolute atomic E-state index is 0.319. The van der Waals surface area contributed by atoms with Gasteiger partial charge in [0.15, 0.2) is 5.82 Å². The molecule has 3 nitrogen and oxygen atoms in total. The first-order valence-corrected chi connectivity index (χ1v) is 7.34. The molecule has 0 bridgehead atoms. The van der Waals surface area contributed by atoms with E-state index in [0.717, 1.165) is 16.6 Å². The molecule has 6 heteroatoms. The van der Waals surface area contributed by atoms with E-state index in [-0.39, 0.29) is 5.82 Å². The van der Waals surface area contributed by atoms with Gasteiger partial charge in [-0.15, -0.1) is 0 Å². The van der Waals surface area contributed by atoms with Gasteiger partial charge < -0.3 is 5.32 Å². The summed E-state index contributed by atoms with van der Waals surface area (Å²) in [5, 5.41) is 3.01. The third-order valence-corrected chi connectivity index (χ3v) is 3.90.